The van der Waals surface area contributed by atoms with Gasteiger partial charge in [-0.2, -0.15) is 0 Å². The van der Waals surface area contributed by atoms with Crippen molar-refractivity contribution in [1.29, 1.82) is 0 Å². The van der Waals surface area contributed by atoms with E-state index in [-0.39, 0.29) is 5.56 Å². The third kappa shape index (κ3) is 4.62. The van der Waals surface area contributed by atoms with Crippen molar-refractivity contribution in [2.75, 3.05) is 0 Å². The van der Waals surface area contributed by atoms with Crippen LogP contribution in [0, 0.1) is 17.8 Å². The van der Waals surface area contributed by atoms with Crippen molar-refractivity contribution >= 4 is 56.7 Å². The Kier molecular flexibility index (Phi) is 6.73. The lowest BCUT2D eigenvalue weighted by Crippen LogP contribution is -2.24. The number of nitrogens with zero attached hydrogens (tertiary/aromatic N) is 4. The highest BCUT2D eigenvalue weighted by atomic mass is 32.2. The van der Waals surface area contributed by atoms with Gasteiger partial charge in [-0.15, -0.1) is 0 Å². The van der Waals surface area contributed by atoms with E-state index in [0.29, 0.717) is 31.8 Å². The normalized spacial score (nSPS) is 11.5. The van der Waals surface area contributed by atoms with Crippen molar-refractivity contribution in [3.8, 4) is 5.69 Å². The summed E-state index contributed by atoms with van der Waals surface area (Å²) < 4.78 is 4.96. The Morgan fingerprint density at radius 2 is 1.68 bits per heavy atom. The third-order valence-electron chi connectivity index (χ3n) is 6.57. The van der Waals surface area contributed by atoms with Gasteiger partial charge < -0.3 is 4.98 Å². The van der Waals surface area contributed by atoms with Gasteiger partial charge in [-0.05, 0) is 61.3 Å². The molecule has 190 valence electrons. The summed E-state index contributed by atoms with van der Waals surface area (Å²) in [5, 5.41) is 0.659. The summed E-state index contributed by atoms with van der Waals surface area (Å²) >= 11 is 8.64. The number of fused-ring (bicyclic) bond motifs is 2. The van der Waals surface area contributed by atoms with Gasteiger partial charge in [-0.25, -0.2) is 9.97 Å². The average molecular weight is 556 g/mol. The average Bonchev–Trinajstić information content (AvgIpc) is 3.48. The number of thiazole rings is 1. The Morgan fingerprint density at radius 3 is 2.45 bits per heavy atom. The van der Waals surface area contributed by atoms with Crippen LogP contribution in [0.1, 0.15) is 22.5 Å². The fraction of sp³-hybridized carbons (Fsp3) is 0.172. The lowest BCUT2D eigenvalue weighted by molar-refractivity contribution is 0.594. The molecule has 0 atom stereocenters. The minimum Gasteiger partial charge on any atom is -0.341 e. The molecule has 3 aromatic heterocycles. The van der Waals surface area contributed by atoms with Crippen LogP contribution in [-0.2, 0) is 18.7 Å². The van der Waals surface area contributed by atoms with Crippen LogP contribution >= 0.6 is 35.3 Å². The molecule has 38 heavy (non-hydrogen) atoms. The summed E-state index contributed by atoms with van der Waals surface area (Å²) in [6.45, 7) is 4.65. The lowest BCUT2D eigenvalue weighted by Gasteiger charge is -2.14. The third-order valence-corrected chi connectivity index (χ3v) is 8.90. The van der Waals surface area contributed by atoms with Crippen molar-refractivity contribution in [3.05, 3.63) is 110 Å². The van der Waals surface area contributed by atoms with Crippen LogP contribution in [0.2, 0.25) is 0 Å². The summed E-state index contributed by atoms with van der Waals surface area (Å²) in [5.74, 6) is 1.41. The van der Waals surface area contributed by atoms with Gasteiger partial charge in [0.1, 0.15) is 10.5 Å². The van der Waals surface area contributed by atoms with Crippen molar-refractivity contribution in [1.82, 2.24) is 24.1 Å². The highest BCUT2D eigenvalue weighted by molar-refractivity contribution is 7.98. The number of benzene rings is 3. The second-order valence-corrected chi connectivity index (χ2v) is 11.8. The number of imidazole rings is 1. The van der Waals surface area contributed by atoms with Crippen LogP contribution in [0.3, 0.4) is 0 Å². The molecule has 0 bridgehead atoms. The molecular weight excluding hydrogens is 531 g/mol. The number of nitrogens with one attached hydrogen (secondary N) is 1. The van der Waals surface area contributed by atoms with Crippen LogP contribution in [-0.4, -0.2) is 24.1 Å². The number of thioether (sulfide) groups is 1. The molecule has 0 spiro atoms. The van der Waals surface area contributed by atoms with E-state index >= 15 is 0 Å². The zero-order valence-corrected chi connectivity index (χ0v) is 23.4. The molecule has 0 aliphatic carbocycles. The van der Waals surface area contributed by atoms with Crippen LogP contribution in [0.25, 0.3) is 27.1 Å². The molecular formula is C29H25N5OS3. The maximum atomic E-state index is 13.9. The Labute approximate surface area is 233 Å². The summed E-state index contributed by atoms with van der Waals surface area (Å²) in [6.07, 6.45) is 0.731. The first-order valence-corrected chi connectivity index (χ1v) is 14.5. The maximum Gasteiger partial charge on any atom is 0.273 e. The molecule has 9 heteroatoms. The largest absolute Gasteiger partial charge is 0.341 e. The number of aryl methyl sites for hydroxylation is 3. The second kappa shape index (κ2) is 10.3. The molecule has 3 aromatic carbocycles. The molecule has 6 rings (SSSR count). The SMILES string of the molecule is Cc1cccc(C)c1-n1c(=S)sc2c(=O)n(CCc3ccccc3)c(SCc3nc4ccccc4[nH]3)nc21. The highest BCUT2D eigenvalue weighted by Crippen LogP contribution is 2.30. The molecule has 0 aliphatic rings. The van der Waals surface area contributed by atoms with Gasteiger partial charge in [0, 0.05) is 6.54 Å². The van der Waals surface area contributed by atoms with Gasteiger partial charge in [-0.1, -0.05) is 83.8 Å². The molecule has 0 unspecified atom stereocenters. The quantitative estimate of drug-likeness (QED) is 0.130. The number of hydrogen-bond acceptors (Lipinski definition) is 6. The Balaban J connectivity index is 1.47. The van der Waals surface area contributed by atoms with Crippen molar-refractivity contribution < 1.29 is 0 Å². The molecule has 0 saturated heterocycles. The Hall–Kier alpha value is -3.53. The van der Waals surface area contributed by atoms with Crippen molar-refractivity contribution in [2.24, 2.45) is 0 Å². The molecule has 1 N–H and O–H groups in total. The van der Waals surface area contributed by atoms with Crippen molar-refractivity contribution in [2.45, 2.75) is 37.7 Å². The van der Waals surface area contributed by atoms with Gasteiger partial charge in [0.05, 0.1) is 22.5 Å². The number of aromatic amines is 1. The number of rotatable bonds is 7. The van der Waals surface area contributed by atoms with E-state index in [2.05, 4.69) is 43.1 Å². The number of para-hydroxylation sites is 3. The van der Waals surface area contributed by atoms with E-state index in [1.807, 2.05) is 53.1 Å². The summed E-state index contributed by atoms with van der Waals surface area (Å²) in [7, 11) is 0. The van der Waals surface area contributed by atoms with Gasteiger partial charge in [0.25, 0.3) is 5.56 Å². The number of H-pyrrole nitrogens is 1. The van der Waals surface area contributed by atoms with Gasteiger partial charge in [0.15, 0.2) is 14.8 Å². The minimum absolute atomic E-state index is 0.0564. The second-order valence-electron chi connectivity index (χ2n) is 9.17. The van der Waals surface area contributed by atoms with Crippen LogP contribution in [0.15, 0.2) is 82.7 Å². The first-order chi connectivity index (χ1) is 18.5. The zero-order valence-electron chi connectivity index (χ0n) is 21.0. The van der Waals surface area contributed by atoms with E-state index in [1.165, 1.54) is 28.7 Å². The molecule has 0 amide bonds. The molecule has 0 saturated carbocycles. The van der Waals surface area contributed by atoms with E-state index < -0.39 is 0 Å². The Bertz CT molecular complexity index is 1850. The monoisotopic (exact) mass is 555 g/mol. The molecule has 3 heterocycles. The molecule has 0 radical (unpaired) electrons. The summed E-state index contributed by atoms with van der Waals surface area (Å²) in [5.41, 5.74) is 6.83. The van der Waals surface area contributed by atoms with E-state index in [0.717, 1.165) is 40.1 Å². The molecule has 6 aromatic rings. The topological polar surface area (TPSA) is 68.5 Å². The summed E-state index contributed by atoms with van der Waals surface area (Å²) in [6, 6.07) is 24.3. The predicted molar refractivity (Wildman–Crippen MR) is 159 cm³/mol. The predicted octanol–water partition coefficient (Wildman–Crippen LogP) is 7.01. The number of hydrogen-bond donors (Lipinski definition) is 1. The number of aromatic nitrogens is 5. The molecule has 6 nitrogen and oxygen atoms in total. The summed E-state index contributed by atoms with van der Waals surface area (Å²) in [4.78, 5) is 27.1. The molecule has 0 aliphatic heterocycles. The standard InChI is InChI=1S/C29H25N5OS3/c1-18-9-8-10-19(2)24(18)34-26-25(38-29(34)36)27(35)33(16-15-20-11-4-3-5-12-20)28(32-26)37-17-23-30-21-13-6-7-14-22(21)31-23/h3-14H,15-17H2,1-2H3,(H,30,31). The zero-order chi connectivity index (χ0) is 26.2. The van der Waals surface area contributed by atoms with Gasteiger partial charge >= 0.3 is 0 Å². The van der Waals surface area contributed by atoms with Crippen LogP contribution in [0.4, 0.5) is 0 Å². The fourth-order valence-electron chi connectivity index (χ4n) is 4.72. The van der Waals surface area contributed by atoms with Gasteiger partial charge in [0.2, 0.25) is 0 Å². The van der Waals surface area contributed by atoms with Crippen molar-refractivity contribution in [3.63, 3.8) is 0 Å². The first kappa shape index (κ1) is 24.8. The first-order valence-electron chi connectivity index (χ1n) is 12.3. The minimum atomic E-state index is -0.0564. The fourth-order valence-corrected chi connectivity index (χ4v) is 6.90. The maximum absolute atomic E-state index is 13.9. The van der Waals surface area contributed by atoms with E-state index in [9.17, 15) is 4.79 Å². The molecule has 0 fully saturated rings. The highest BCUT2D eigenvalue weighted by Gasteiger charge is 2.20. The van der Waals surface area contributed by atoms with E-state index in [1.54, 1.807) is 4.57 Å². The van der Waals surface area contributed by atoms with Crippen LogP contribution < -0.4 is 5.56 Å². The van der Waals surface area contributed by atoms with E-state index in [4.69, 9.17) is 22.2 Å². The smallest absolute Gasteiger partial charge is 0.273 e. The lowest BCUT2D eigenvalue weighted by atomic mass is 10.1. The Morgan fingerprint density at radius 1 is 0.947 bits per heavy atom. The van der Waals surface area contributed by atoms with Gasteiger partial charge in [-0.3, -0.25) is 13.9 Å². The van der Waals surface area contributed by atoms with Crippen LogP contribution in [0.5, 0.6) is 0 Å².